The van der Waals surface area contributed by atoms with Gasteiger partial charge in [-0.25, -0.2) is 4.79 Å². The maximum atomic E-state index is 10.5. The van der Waals surface area contributed by atoms with Gasteiger partial charge in [-0.3, -0.25) is 0 Å². The topological polar surface area (TPSA) is 50.4 Å². The molecule has 0 aliphatic rings. The molecule has 0 aliphatic carbocycles. The van der Waals surface area contributed by atoms with Crippen molar-refractivity contribution in [3.8, 4) is 0 Å². The second-order valence-electron chi connectivity index (χ2n) is 3.46. The molecule has 14 heavy (non-hydrogen) atoms. The van der Waals surface area contributed by atoms with E-state index in [1.165, 1.54) is 6.07 Å². The highest BCUT2D eigenvalue weighted by Gasteiger charge is 2.11. The molecule has 1 rings (SSSR count). The van der Waals surface area contributed by atoms with Gasteiger partial charge in [0.1, 0.15) is 5.76 Å². The van der Waals surface area contributed by atoms with E-state index in [2.05, 4.69) is 13.8 Å². The van der Waals surface area contributed by atoms with E-state index in [1.54, 1.807) is 6.07 Å². The molecule has 1 heterocycles. The number of hydrogen-bond acceptors (Lipinski definition) is 2. The van der Waals surface area contributed by atoms with Gasteiger partial charge >= 0.3 is 5.97 Å². The molecule has 0 spiro atoms. The summed E-state index contributed by atoms with van der Waals surface area (Å²) in [5.41, 5.74) is 0. The van der Waals surface area contributed by atoms with Gasteiger partial charge in [-0.1, -0.05) is 26.7 Å². The Morgan fingerprint density at radius 3 is 2.50 bits per heavy atom. The van der Waals surface area contributed by atoms with Gasteiger partial charge in [0.25, 0.3) is 0 Å². The fourth-order valence-electron chi connectivity index (χ4n) is 1.46. The van der Waals surface area contributed by atoms with Crippen LogP contribution in [0.25, 0.3) is 0 Å². The Hall–Kier alpha value is -1.25. The predicted octanol–water partition coefficient (Wildman–Crippen LogP) is 2.96. The predicted molar refractivity (Wildman–Crippen MR) is 53.4 cm³/mol. The van der Waals surface area contributed by atoms with Crippen molar-refractivity contribution in [2.45, 2.75) is 33.1 Å². The van der Waals surface area contributed by atoms with Crippen molar-refractivity contribution in [1.29, 1.82) is 0 Å². The maximum Gasteiger partial charge on any atom is 0.371 e. The van der Waals surface area contributed by atoms with Crippen LogP contribution in [0.3, 0.4) is 0 Å². The van der Waals surface area contributed by atoms with Gasteiger partial charge in [0.15, 0.2) is 0 Å². The lowest BCUT2D eigenvalue weighted by atomic mass is 9.98. The molecule has 1 aromatic rings. The average molecular weight is 196 g/mol. The quantitative estimate of drug-likeness (QED) is 0.787. The second kappa shape index (κ2) is 4.84. The highest BCUT2D eigenvalue weighted by atomic mass is 16.4. The molecule has 0 saturated heterocycles. The van der Waals surface area contributed by atoms with E-state index in [-0.39, 0.29) is 5.76 Å². The molecule has 0 saturated carbocycles. The van der Waals surface area contributed by atoms with Crippen LogP contribution in [0.2, 0.25) is 0 Å². The number of carboxylic acids is 1. The Morgan fingerprint density at radius 2 is 2.07 bits per heavy atom. The van der Waals surface area contributed by atoms with Crippen LogP contribution in [0, 0.1) is 5.92 Å². The molecule has 1 aromatic heterocycles. The molecule has 0 atom stereocenters. The summed E-state index contributed by atoms with van der Waals surface area (Å²) >= 11 is 0. The first kappa shape index (κ1) is 10.8. The summed E-state index contributed by atoms with van der Waals surface area (Å²) < 4.78 is 5.18. The zero-order chi connectivity index (χ0) is 10.6. The minimum absolute atomic E-state index is 0.0333. The standard InChI is InChI=1S/C11H16O3/c1-3-8(4-2)7-9-5-6-10(14-9)11(12)13/h5-6,8H,3-4,7H2,1-2H3,(H,12,13). The molecule has 0 bridgehead atoms. The lowest BCUT2D eigenvalue weighted by Gasteiger charge is -2.08. The summed E-state index contributed by atoms with van der Waals surface area (Å²) in [7, 11) is 0. The molecule has 3 nitrogen and oxygen atoms in total. The lowest BCUT2D eigenvalue weighted by Crippen LogP contribution is -2.00. The van der Waals surface area contributed by atoms with Crippen LogP contribution in [-0.2, 0) is 6.42 Å². The van der Waals surface area contributed by atoms with Crippen molar-refractivity contribution >= 4 is 5.97 Å². The van der Waals surface area contributed by atoms with E-state index < -0.39 is 5.97 Å². The van der Waals surface area contributed by atoms with Gasteiger partial charge in [0, 0.05) is 6.42 Å². The number of carboxylic acid groups (broad SMARTS) is 1. The van der Waals surface area contributed by atoms with Crippen LogP contribution >= 0.6 is 0 Å². The first-order valence-electron chi connectivity index (χ1n) is 4.99. The van der Waals surface area contributed by atoms with Gasteiger partial charge in [0.2, 0.25) is 5.76 Å². The Kier molecular flexibility index (Phi) is 3.74. The monoisotopic (exact) mass is 196 g/mol. The summed E-state index contributed by atoms with van der Waals surface area (Å²) in [6.45, 7) is 4.27. The first-order chi connectivity index (χ1) is 6.67. The van der Waals surface area contributed by atoms with E-state index in [1.807, 2.05) is 0 Å². The summed E-state index contributed by atoms with van der Waals surface area (Å²) in [5.74, 6) is 0.394. The zero-order valence-corrected chi connectivity index (χ0v) is 8.62. The summed E-state index contributed by atoms with van der Waals surface area (Å²) in [4.78, 5) is 10.5. The number of furan rings is 1. The fraction of sp³-hybridized carbons (Fsp3) is 0.545. The highest BCUT2D eigenvalue weighted by molar-refractivity contribution is 5.84. The Labute approximate surface area is 83.7 Å². The summed E-state index contributed by atoms with van der Waals surface area (Å²) in [5, 5.41) is 8.65. The number of aromatic carboxylic acids is 1. The van der Waals surface area contributed by atoms with Crippen molar-refractivity contribution in [3.05, 3.63) is 23.7 Å². The lowest BCUT2D eigenvalue weighted by molar-refractivity contribution is 0.0660. The molecule has 0 unspecified atom stereocenters. The summed E-state index contributed by atoms with van der Waals surface area (Å²) in [6, 6.07) is 3.27. The largest absolute Gasteiger partial charge is 0.475 e. The van der Waals surface area contributed by atoms with Gasteiger partial charge < -0.3 is 9.52 Å². The SMILES string of the molecule is CCC(CC)Cc1ccc(C(=O)O)o1. The molecule has 3 heteroatoms. The minimum Gasteiger partial charge on any atom is -0.475 e. The van der Waals surface area contributed by atoms with E-state index in [0.717, 1.165) is 25.0 Å². The van der Waals surface area contributed by atoms with Gasteiger partial charge in [-0.2, -0.15) is 0 Å². The van der Waals surface area contributed by atoms with Crippen molar-refractivity contribution in [2.24, 2.45) is 5.92 Å². The molecule has 0 radical (unpaired) electrons. The maximum absolute atomic E-state index is 10.5. The molecule has 78 valence electrons. The third kappa shape index (κ3) is 2.62. The van der Waals surface area contributed by atoms with E-state index >= 15 is 0 Å². The molecule has 0 aliphatic heterocycles. The number of carbonyl (C=O) groups is 1. The molecule has 0 amide bonds. The van der Waals surface area contributed by atoms with Crippen LogP contribution in [0.1, 0.15) is 43.0 Å². The molecule has 0 fully saturated rings. The van der Waals surface area contributed by atoms with Crippen LogP contribution in [0.4, 0.5) is 0 Å². The van der Waals surface area contributed by atoms with E-state index in [4.69, 9.17) is 9.52 Å². The molecule has 1 N–H and O–H groups in total. The van der Waals surface area contributed by atoms with Gasteiger partial charge in [0.05, 0.1) is 0 Å². The van der Waals surface area contributed by atoms with Crippen molar-refractivity contribution in [1.82, 2.24) is 0 Å². The normalized spacial score (nSPS) is 10.8. The first-order valence-corrected chi connectivity index (χ1v) is 4.99. The third-order valence-electron chi connectivity index (χ3n) is 2.52. The van der Waals surface area contributed by atoms with Crippen LogP contribution < -0.4 is 0 Å². The molecular formula is C11H16O3. The van der Waals surface area contributed by atoms with Crippen LogP contribution in [-0.4, -0.2) is 11.1 Å². The fourth-order valence-corrected chi connectivity index (χ4v) is 1.46. The Balaban J connectivity index is 2.63. The van der Waals surface area contributed by atoms with Crippen LogP contribution in [0.5, 0.6) is 0 Å². The molecular weight excluding hydrogens is 180 g/mol. The van der Waals surface area contributed by atoms with Crippen molar-refractivity contribution < 1.29 is 14.3 Å². The van der Waals surface area contributed by atoms with Crippen molar-refractivity contribution in [2.75, 3.05) is 0 Å². The Morgan fingerprint density at radius 1 is 1.43 bits per heavy atom. The van der Waals surface area contributed by atoms with Crippen LogP contribution in [0.15, 0.2) is 16.5 Å². The average Bonchev–Trinajstić information content (AvgIpc) is 2.62. The van der Waals surface area contributed by atoms with Gasteiger partial charge in [-0.05, 0) is 18.1 Å². The number of hydrogen-bond donors (Lipinski definition) is 1. The third-order valence-corrected chi connectivity index (χ3v) is 2.52. The smallest absolute Gasteiger partial charge is 0.371 e. The summed E-state index contributed by atoms with van der Waals surface area (Å²) in [6.07, 6.45) is 3.03. The van der Waals surface area contributed by atoms with Gasteiger partial charge in [-0.15, -0.1) is 0 Å². The highest BCUT2D eigenvalue weighted by Crippen LogP contribution is 2.17. The number of rotatable bonds is 5. The zero-order valence-electron chi connectivity index (χ0n) is 8.62. The van der Waals surface area contributed by atoms with E-state index in [0.29, 0.717) is 5.92 Å². The Bertz CT molecular complexity index is 297. The van der Waals surface area contributed by atoms with E-state index in [9.17, 15) is 4.79 Å². The second-order valence-corrected chi connectivity index (χ2v) is 3.46. The van der Waals surface area contributed by atoms with Crippen molar-refractivity contribution in [3.63, 3.8) is 0 Å². The minimum atomic E-state index is -0.999. The molecule has 0 aromatic carbocycles.